The molecule has 0 aliphatic rings. The van der Waals surface area contributed by atoms with Crippen molar-refractivity contribution in [2.75, 3.05) is 13.6 Å². The van der Waals surface area contributed by atoms with E-state index in [0.717, 1.165) is 11.1 Å². The molecule has 1 atom stereocenters. The summed E-state index contributed by atoms with van der Waals surface area (Å²) in [6.45, 7) is 2.33. The summed E-state index contributed by atoms with van der Waals surface area (Å²) in [5.41, 5.74) is 8.50. The number of pyridine rings is 1. The van der Waals surface area contributed by atoms with Gasteiger partial charge in [-0.15, -0.1) is 0 Å². The van der Waals surface area contributed by atoms with E-state index in [1.165, 1.54) is 0 Å². The molecule has 2 heterocycles. The first-order chi connectivity index (χ1) is 12.1. The van der Waals surface area contributed by atoms with Gasteiger partial charge in [-0.2, -0.15) is 5.10 Å². The van der Waals surface area contributed by atoms with Crippen LogP contribution in [0.15, 0.2) is 61.1 Å². The van der Waals surface area contributed by atoms with E-state index >= 15 is 0 Å². The molecule has 6 nitrogen and oxygen atoms in total. The Bertz CT molecular complexity index is 859. The zero-order valence-electron chi connectivity index (χ0n) is 14.3. The molecular weight excluding hydrogens is 314 g/mol. The number of hydrogen-bond donors (Lipinski definition) is 1. The molecule has 128 valence electrons. The third-order valence-electron chi connectivity index (χ3n) is 4.16. The summed E-state index contributed by atoms with van der Waals surface area (Å²) >= 11 is 0. The van der Waals surface area contributed by atoms with Crippen LogP contribution < -0.4 is 5.73 Å². The summed E-state index contributed by atoms with van der Waals surface area (Å²) in [4.78, 5) is 18.8. The highest BCUT2D eigenvalue weighted by Gasteiger charge is 2.22. The molecule has 1 unspecified atom stereocenters. The average molecular weight is 335 g/mol. The van der Waals surface area contributed by atoms with E-state index in [9.17, 15) is 4.79 Å². The smallest absolute Gasteiger partial charge is 0.257 e. The Hall–Kier alpha value is -2.99. The van der Waals surface area contributed by atoms with Crippen molar-refractivity contribution in [1.82, 2.24) is 19.7 Å². The van der Waals surface area contributed by atoms with Crippen LogP contribution in [0.4, 0.5) is 0 Å². The second-order valence-corrected chi connectivity index (χ2v) is 5.94. The van der Waals surface area contributed by atoms with E-state index in [1.807, 2.05) is 49.4 Å². The van der Waals surface area contributed by atoms with E-state index in [0.29, 0.717) is 17.9 Å². The van der Waals surface area contributed by atoms with Crippen LogP contribution in [0.5, 0.6) is 0 Å². The van der Waals surface area contributed by atoms with Gasteiger partial charge < -0.3 is 10.6 Å². The van der Waals surface area contributed by atoms with E-state index in [2.05, 4.69) is 10.1 Å². The van der Waals surface area contributed by atoms with Crippen LogP contribution in [0.1, 0.15) is 27.5 Å². The molecule has 6 heteroatoms. The number of rotatable bonds is 5. The zero-order chi connectivity index (χ0) is 17.8. The minimum absolute atomic E-state index is 0.127. The molecule has 0 aliphatic carbocycles. The van der Waals surface area contributed by atoms with Crippen LogP contribution in [0.3, 0.4) is 0 Å². The lowest BCUT2D eigenvalue weighted by Crippen LogP contribution is -2.35. The minimum Gasteiger partial charge on any atom is -0.333 e. The van der Waals surface area contributed by atoms with E-state index in [1.54, 1.807) is 35.2 Å². The average Bonchev–Trinajstić information content (AvgIpc) is 3.12. The SMILES string of the molecule is Cc1ccnc(-n2cc(C(=O)N(C)C(CN)c3ccccc3)cn2)c1. The highest BCUT2D eigenvalue weighted by Crippen LogP contribution is 2.20. The minimum atomic E-state index is -0.186. The monoisotopic (exact) mass is 335 g/mol. The van der Waals surface area contributed by atoms with Crippen molar-refractivity contribution in [3.63, 3.8) is 0 Å². The summed E-state index contributed by atoms with van der Waals surface area (Å²) in [6.07, 6.45) is 4.97. The Morgan fingerprint density at radius 1 is 1.28 bits per heavy atom. The number of carbonyl (C=O) groups is 1. The first-order valence-electron chi connectivity index (χ1n) is 8.10. The van der Waals surface area contributed by atoms with Crippen molar-refractivity contribution >= 4 is 5.91 Å². The predicted molar refractivity (Wildman–Crippen MR) is 96.4 cm³/mol. The third kappa shape index (κ3) is 3.59. The molecule has 0 bridgehead atoms. The van der Waals surface area contributed by atoms with Crippen molar-refractivity contribution in [3.05, 3.63) is 77.7 Å². The van der Waals surface area contributed by atoms with Crippen molar-refractivity contribution in [2.45, 2.75) is 13.0 Å². The second-order valence-electron chi connectivity index (χ2n) is 5.94. The number of aryl methyl sites for hydroxylation is 1. The quantitative estimate of drug-likeness (QED) is 0.776. The Morgan fingerprint density at radius 3 is 2.72 bits per heavy atom. The molecular formula is C19H21N5O. The second kappa shape index (κ2) is 7.27. The number of likely N-dealkylation sites (N-methyl/N-ethyl adjacent to an activating group) is 1. The van der Waals surface area contributed by atoms with Crippen molar-refractivity contribution in [2.24, 2.45) is 5.73 Å². The van der Waals surface area contributed by atoms with Gasteiger partial charge in [0.05, 0.1) is 17.8 Å². The summed E-state index contributed by atoms with van der Waals surface area (Å²) in [5, 5.41) is 4.26. The third-order valence-corrected chi connectivity index (χ3v) is 4.16. The maximum Gasteiger partial charge on any atom is 0.257 e. The molecule has 0 aliphatic heterocycles. The standard InChI is InChI=1S/C19H21N5O/c1-14-8-9-21-18(10-14)24-13-16(12-22-24)19(25)23(2)17(11-20)15-6-4-3-5-7-15/h3-10,12-13,17H,11,20H2,1-2H3. The van der Waals surface area contributed by atoms with Crippen molar-refractivity contribution < 1.29 is 4.79 Å². The molecule has 2 N–H and O–H groups in total. The largest absolute Gasteiger partial charge is 0.333 e. The lowest BCUT2D eigenvalue weighted by atomic mass is 10.1. The summed E-state index contributed by atoms with van der Waals surface area (Å²) in [7, 11) is 1.76. The number of nitrogens with zero attached hydrogens (tertiary/aromatic N) is 4. The molecule has 0 spiro atoms. The molecule has 3 rings (SSSR count). The molecule has 2 aromatic heterocycles. The Balaban J connectivity index is 1.83. The first-order valence-corrected chi connectivity index (χ1v) is 8.10. The highest BCUT2D eigenvalue weighted by atomic mass is 16.2. The van der Waals surface area contributed by atoms with Gasteiger partial charge in [0, 0.05) is 26.0 Å². The maximum atomic E-state index is 12.8. The Morgan fingerprint density at radius 2 is 2.04 bits per heavy atom. The van der Waals surface area contributed by atoms with Gasteiger partial charge >= 0.3 is 0 Å². The number of amides is 1. The van der Waals surface area contributed by atoms with Crippen LogP contribution >= 0.6 is 0 Å². The molecule has 0 saturated heterocycles. The molecule has 1 aromatic carbocycles. The normalized spacial score (nSPS) is 12.0. The summed E-state index contributed by atoms with van der Waals surface area (Å²) in [5.74, 6) is 0.554. The molecule has 0 fully saturated rings. The maximum absolute atomic E-state index is 12.8. The zero-order valence-corrected chi connectivity index (χ0v) is 14.3. The highest BCUT2D eigenvalue weighted by molar-refractivity contribution is 5.94. The van der Waals surface area contributed by atoms with Gasteiger partial charge in [-0.3, -0.25) is 4.79 Å². The van der Waals surface area contributed by atoms with Crippen LogP contribution in [-0.4, -0.2) is 39.2 Å². The van der Waals surface area contributed by atoms with E-state index in [-0.39, 0.29) is 11.9 Å². The van der Waals surface area contributed by atoms with Crippen LogP contribution in [0, 0.1) is 6.92 Å². The number of nitrogens with two attached hydrogens (primary N) is 1. The van der Waals surface area contributed by atoms with Gasteiger partial charge in [0.1, 0.15) is 0 Å². The fraction of sp³-hybridized carbons (Fsp3) is 0.211. The van der Waals surface area contributed by atoms with Crippen LogP contribution in [0.25, 0.3) is 5.82 Å². The summed E-state index contributed by atoms with van der Waals surface area (Å²) < 4.78 is 1.61. The lowest BCUT2D eigenvalue weighted by molar-refractivity contribution is 0.0735. The predicted octanol–water partition coefficient (Wildman–Crippen LogP) is 2.35. The van der Waals surface area contributed by atoms with Gasteiger partial charge in [0.25, 0.3) is 5.91 Å². The molecule has 3 aromatic rings. The molecule has 25 heavy (non-hydrogen) atoms. The van der Waals surface area contributed by atoms with Crippen LogP contribution in [-0.2, 0) is 0 Å². The van der Waals surface area contributed by atoms with Gasteiger partial charge in [0.15, 0.2) is 5.82 Å². The van der Waals surface area contributed by atoms with Gasteiger partial charge in [0.2, 0.25) is 0 Å². The van der Waals surface area contributed by atoms with Crippen molar-refractivity contribution in [3.8, 4) is 5.82 Å². The Labute approximate surface area is 146 Å². The van der Waals surface area contributed by atoms with Crippen LogP contribution in [0.2, 0.25) is 0 Å². The topological polar surface area (TPSA) is 77.0 Å². The number of carbonyl (C=O) groups excluding carboxylic acids is 1. The van der Waals surface area contributed by atoms with Crippen molar-refractivity contribution in [1.29, 1.82) is 0 Å². The Kier molecular flexibility index (Phi) is 4.90. The fourth-order valence-electron chi connectivity index (χ4n) is 2.74. The fourth-order valence-corrected chi connectivity index (χ4v) is 2.74. The first kappa shape index (κ1) is 16.9. The lowest BCUT2D eigenvalue weighted by Gasteiger charge is -2.27. The van der Waals surface area contributed by atoms with Gasteiger partial charge in [-0.1, -0.05) is 30.3 Å². The number of benzene rings is 1. The number of hydrogen-bond acceptors (Lipinski definition) is 4. The van der Waals surface area contributed by atoms with Gasteiger partial charge in [-0.05, 0) is 30.2 Å². The van der Waals surface area contributed by atoms with E-state index < -0.39 is 0 Å². The van der Waals surface area contributed by atoms with Gasteiger partial charge in [-0.25, -0.2) is 9.67 Å². The number of aromatic nitrogens is 3. The molecule has 1 amide bonds. The van der Waals surface area contributed by atoms with E-state index in [4.69, 9.17) is 5.73 Å². The summed E-state index contributed by atoms with van der Waals surface area (Å²) in [6, 6.07) is 13.4. The molecule has 0 saturated carbocycles. The molecule has 0 radical (unpaired) electrons.